The van der Waals surface area contributed by atoms with Gasteiger partial charge in [-0.2, -0.15) is 0 Å². The maximum atomic E-state index is 12.3. The standard InChI is InChI=1S/C17H23BrO2/c1-20-16-8-9-17(18)14(12-16)11-15(19)10-13-6-4-2-3-5-7-13/h8-9,12-13H,2-7,10-11H2,1H3. The maximum absolute atomic E-state index is 12.3. The molecule has 20 heavy (non-hydrogen) atoms. The molecule has 1 aliphatic rings. The molecule has 0 amide bonds. The van der Waals surface area contributed by atoms with Gasteiger partial charge in [0.05, 0.1) is 7.11 Å². The zero-order valence-electron chi connectivity index (χ0n) is 12.2. The molecule has 0 N–H and O–H groups in total. The molecule has 0 spiro atoms. The van der Waals surface area contributed by atoms with Gasteiger partial charge in [0.25, 0.3) is 0 Å². The summed E-state index contributed by atoms with van der Waals surface area (Å²) in [5, 5.41) is 0. The molecular formula is C17H23BrO2. The smallest absolute Gasteiger partial charge is 0.137 e. The van der Waals surface area contributed by atoms with Crippen molar-refractivity contribution < 1.29 is 9.53 Å². The van der Waals surface area contributed by atoms with E-state index in [0.717, 1.165) is 22.2 Å². The van der Waals surface area contributed by atoms with E-state index in [1.807, 2.05) is 18.2 Å². The zero-order chi connectivity index (χ0) is 14.4. The van der Waals surface area contributed by atoms with Gasteiger partial charge in [0.2, 0.25) is 0 Å². The molecule has 1 aromatic carbocycles. The average molecular weight is 339 g/mol. The van der Waals surface area contributed by atoms with Gasteiger partial charge in [-0.15, -0.1) is 0 Å². The number of ketones is 1. The summed E-state index contributed by atoms with van der Waals surface area (Å²) in [7, 11) is 1.65. The van der Waals surface area contributed by atoms with Crippen molar-refractivity contribution in [2.24, 2.45) is 5.92 Å². The van der Waals surface area contributed by atoms with E-state index in [0.29, 0.717) is 18.1 Å². The Morgan fingerprint density at radius 3 is 2.60 bits per heavy atom. The van der Waals surface area contributed by atoms with E-state index in [2.05, 4.69) is 15.9 Å². The SMILES string of the molecule is COc1ccc(Br)c(CC(=O)CC2CCCCCC2)c1. The first-order valence-corrected chi connectivity index (χ1v) is 8.32. The number of rotatable bonds is 5. The molecule has 0 unspecified atom stereocenters. The van der Waals surface area contributed by atoms with Crippen LogP contribution in [0.4, 0.5) is 0 Å². The Morgan fingerprint density at radius 2 is 1.95 bits per heavy atom. The molecule has 0 aromatic heterocycles. The summed E-state index contributed by atoms with van der Waals surface area (Å²) in [4.78, 5) is 12.3. The summed E-state index contributed by atoms with van der Waals surface area (Å²) in [5.74, 6) is 1.77. The second-order valence-electron chi connectivity index (χ2n) is 5.73. The summed E-state index contributed by atoms with van der Waals surface area (Å²) < 4.78 is 6.22. The minimum absolute atomic E-state index is 0.353. The van der Waals surface area contributed by atoms with Gasteiger partial charge in [-0.05, 0) is 29.7 Å². The van der Waals surface area contributed by atoms with Gasteiger partial charge in [0.15, 0.2) is 0 Å². The highest BCUT2D eigenvalue weighted by Gasteiger charge is 2.17. The second-order valence-corrected chi connectivity index (χ2v) is 6.59. The number of hydrogen-bond acceptors (Lipinski definition) is 2. The van der Waals surface area contributed by atoms with E-state index in [-0.39, 0.29) is 0 Å². The van der Waals surface area contributed by atoms with E-state index in [1.165, 1.54) is 38.5 Å². The van der Waals surface area contributed by atoms with Crippen LogP contribution < -0.4 is 4.74 Å². The maximum Gasteiger partial charge on any atom is 0.137 e. The van der Waals surface area contributed by atoms with Crippen LogP contribution >= 0.6 is 15.9 Å². The number of halogens is 1. The van der Waals surface area contributed by atoms with E-state index in [9.17, 15) is 4.79 Å². The molecule has 0 radical (unpaired) electrons. The van der Waals surface area contributed by atoms with E-state index >= 15 is 0 Å². The fourth-order valence-electron chi connectivity index (χ4n) is 2.99. The van der Waals surface area contributed by atoms with Crippen LogP contribution in [0.5, 0.6) is 5.75 Å². The molecule has 0 bridgehead atoms. The Bertz CT molecular complexity index is 448. The number of carbonyl (C=O) groups excluding carboxylic acids is 1. The fraction of sp³-hybridized carbons (Fsp3) is 0.588. The Kier molecular flexibility index (Phi) is 6.08. The van der Waals surface area contributed by atoms with Crippen molar-refractivity contribution in [3.8, 4) is 5.75 Å². The highest BCUT2D eigenvalue weighted by Crippen LogP contribution is 2.27. The number of benzene rings is 1. The van der Waals surface area contributed by atoms with Crippen LogP contribution in [0.2, 0.25) is 0 Å². The van der Waals surface area contributed by atoms with Gasteiger partial charge in [-0.1, -0.05) is 54.5 Å². The first kappa shape index (κ1) is 15.6. The molecule has 0 heterocycles. The molecular weight excluding hydrogens is 316 g/mol. The molecule has 1 aromatic rings. The summed E-state index contributed by atoms with van der Waals surface area (Å²) in [5.41, 5.74) is 1.03. The van der Waals surface area contributed by atoms with Crippen LogP contribution in [0.25, 0.3) is 0 Å². The third-order valence-electron chi connectivity index (χ3n) is 4.13. The Labute approximate surface area is 130 Å². The summed E-state index contributed by atoms with van der Waals surface area (Å²) in [6, 6.07) is 5.81. The summed E-state index contributed by atoms with van der Waals surface area (Å²) in [6.45, 7) is 0. The average Bonchev–Trinajstić information content (AvgIpc) is 2.70. The van der Waals surface area contributed by atoms with E-state index in [1.54, 1.807) is 7.11 Å². The van der Waals surface area contributed by atoms with Crippen LogP contribution in [0, 0.1) is 5.92 Å². The lowest BCUT2D eigenvalue weighted by molar-refractivity contribution is -0.119. The highest BCUT2D eigenvalue weighted by atomic mass is 79.9. The van der Waals surface area contributed by atoms with Gasteiger partial charge in [-0.3, -0.25) is 4.79 Å². The van der Waals surface area contributed by atoms with Gasteiger partial charge < -0.3 is 4.74 Å². The summed E-state index contributed by atoms with van der Waals surface area (Å²) >= 11 is 3.52. The van der Waals surface area contributed by atoms with Crippen LogP contribution in [0.3, 0.4) is 0 Å². The lowest BCUT2D eigenvalue weighted by atomic mass is 9.92. The quantitative estimate of drug-likeness (QED) is 0.711. The van der Waals surface area contributed by atoms with Gasteiger partial charge in [0.1, 0.15) is 11.5 Å². The minimum Gasteiger partial charge on any atom is -0.497 e. The van der Waals surface area contributed by atoms with Crippen LogP contribution in [-0.2, 0) is 11.2 Å². The van der Waals surface area contributed by atoms with Crippen molar-refractivity contribution in [1.29, 1.82) is 0 Å². The third-order valence-corrected chi connectivity index (χ3v) is 4.91. The molecule has 0 aliphatic heterocycles. The molecule has 110 valence electrons. The molecule has 3 heteroatoms. The number of ether oxygens (including phenoxy) is 1. The van der Waals surface area contributed by atoms with E-state index < -0.39 is 0 Å². The molecule has 2 rings (SSSR count). The number of Topliss-reactive ketones (excluding diaryl/α,β-unsaturated/α-hetero) is 1. The van der Waals surface area contributed by atoms with Crippen LogP contribution in [0.15, 0.2) is 22.7 Å². The predicted molar refractivity (Wildman–Crippen MR) is 85.2 cm³/mol. The first-order chi connectivity index (χ1) is 9.69. The van der Waals surface area contributed by atoms with Crippen molar-refractivity contribution in [2.45, 2.75) is 51.4 Å². The van der Waals surface area contributed by atoms with Crippen LogP contribution in [0.1, 0.15) is 50.5 Å². The minimum atomic E-state index is 0.353. The lowest BCUT2D eigenvalue weighted by Crippen LogP contribution is -2.10. The number of methoxy groups -OCH3 is 1. The van der Waals surface area contributed by atoms with Crippen molar-refractivity contribution in [2.75, 3.05) is 7.11 Å². The van der Waals surface area contributed by atoms with Crippen molar-refractivity contribution in [3.05, 3.63) is 28.2 Å². The molecule has 0 saturated heterocycles. The third kappa shape index (κ3) is 4.62. The highest BCUT2D eigenvalue weighted by molar-refractivity contribution is 9.10. The lowest BCUT2D eigenvalue weighted by Gasteiger charge is -2.13. The fourth-order valence-corrected chi connectivity index (χ4v) is 3.37. The number of hydrogen-bond donors (Lipinski definition) is 0. The van der Waals surface area contributed by atoms with Gasteiger partial charge in [0, 0.05) is 17.3 Å². The van der Waals surface area contributed by atoms with Gasteiger partial charge >= 0.3 is 0 Å². The zero-order valence-corrected chi connectivity index (χ0v) is 13.7. The van der Waals surface area contributed by atoms with Gasteiger partial charge in [-0.25, -0.2) is 0 Å². The molecule has 1 fully saturated rings. The first-order valence-electron chi connectivity index (χ1n) is 7.53. The Balaban J connectivity index is 1.93. The second kappa shape index (κ2) is 7.82. The predicted octanol–water partition coefficient (Wildman–Crippen LogP) is 4.93. The topological polar surface area (TPSA) is 26.3 Å². The normalized spacial score (nSPS) is 16.7. The number of carbonyl (C=O) groups is 1. The Hall–Kier alpha value is -0.830. The van der Waals surface area contributed by atoms with Crippen molar-refractivity contribution >= 4 is 21.7 Å². The molecule has 2 nitrogen and oxygen atoms in total. The largest absolute Gasteiger partial charge is 0.497 e. The monoisotopic (exact) mass is 338 g/mol. The Morgan fingerprint density at radius 1 is 1.25 bits per heavy atom. The van der Waals surface area contributed by atoms with E-state index in [4.69, 9.17) is 4.74 Å². The van der Waals surface area contributed by atoms with Crippen molar-refractivity contribution in [1.82, 2.24) is 0 Å². The molecule has 0 atom stereocenters. The molecule has 1 aliphatic carbocycles. The van der Waals surface area contributed by atoms with Crippen molar-refractivity contribution in [3.63, 3.8) is 0 Å². The molecule has 1 saturated carbocycles. The summed E-state index contributed by atoms with van der Waals surface area (Å²) in [6.07, 6.45) is 8.97. The van der Waals surface area contributed by atoms with Crippen LogP contribution in [-0.4, -0.2) is 12.9 Å².